The summed E-state index contributed by atoms with van der Waals surface area (Å²) in [6.45, 7) is 0.735. The van der Waals surface area contributed by atoms with E-state index in [1.165, 1.54) is 6.33 Å². The molecule has 5 heterocycles. The van der Waals surface area contributed by atoms with Gasteiger partial charge in [0.15, 0.2) is 11.3 Å². The molecule has 9 nitrogen and oxygen atoms in total. The minimum Gasteiger partial charge on any atom is -0.358 e. The van der Waals surface area contributed by atoms with E-state index in [0.29, 0.717) is 59.4 Å². The minimum absolute atomic E-state index is 0.0803. The molecule has 1 unspecified atom stereocenters. The average molecular weight is 683 g/mol. The van der Waals surface area contributed by atoms with E-state index in [9.17, 15) is 0 Å². The number of nitrogens with zero attached hydrogens (tertiary/aromatic N) is 7. The van der Waals surface area contributed by atoms with Crippen LogP contribution in [0.5, 0.6) is 0 Å². The van der Waals surface area contributed by atoms with Gasteiger partial charge in [0.2, 0.25) is 10.6 Å². The van der Waals surface area contributed by atoms with E-state index in [2.05, 4.69) is 34.9 Å². The molecule has 0 saturated carbocycles. The summed E-state index contributed by atoms with van der Waals surface area (Å²) in [6.07, 6.45) is 6.28. The molecule has 1 aliphatic rings. The fraction of sp³-hybridized carbons (Fsp3) is 0.185. The number of ether oxygens (including phenoxy) is 1. The van der Waals surface area contributed by atoms with Gasteiger partial charge in [-0.2, -0.15) is 9.97 Å². The van der Waals surface area contributed by atoms with Gasteiger partial charge in [-0.25, -0.2) is 19.9 Å². The van der Waals surface area contributed by atoms with Crippen LogP contribution in [0.25, 0.3) is 44.8 Å². The number of hydrogen-bond acceptors (Lipinski definition) is 7. The van der Waals surface area contributed by atoms with Crippen molar-refractivity contribution in [2.24, 2.45) is 0 Å². The molecule has 0 spiro atoms. The molecular weight excluding hydrogens is 665 g/mol. The highest BCUT2D eigenvalue weighted by Crippen LogP contribution is 2.35. The van der Waals surface area contributed by atoms with Crippen molar-refractivity contribution in [3.05, 3.63) is 79.7 Å². The molecule has 1 fully saturated rings. The third kappa shape index (κ3) is 6.01. The first-order valence-electron chi connectivity index (χ1n) is 12.6. The van der Waals surface area contributed by atoms with Crippen LogP contribution in [0.2, 0.25) is 30.7 Å². The Balaban J connectivity index is 0.000000157. The monoisotopic (exact) mass is 680 g/mol. The number of fused-ring (bicyclic) bond motifs is 2. The van der Waals surface area contributed by atoms with Gasteiger partial charge in [0.1, 0.15) is 28.6 Å². The van der Waals surface area contributed by atoms with E-state index in [0.717, 1.165) is 31.4 Å². The van der Waals surface area contributed by atoms with Crippen molar-refractivity contribution in [1.29, 1.82) is 0 Å². The molecule has 7 rings (SSSR count). The van der Waals surface area contributed by atoms with Gasteiger partial charge in [-0.1, -0.05) is 46.4 Å². The van der Waals surface area contributed by atoms with Crippen molar-refractivity contribution in [3.8, 4) is 22.5 Å². The van der Waals surface area contributed by atoms with Crippen LogP contribution < -0.4 is 0 Å². The van der Waals surface area contributed by atoms with Crippen molar-refractivity contribution < 1.29 is 4.74 Å². The number of aromatic amines is 1. The molecule has 1 saturated heterocycles. The minimum atomic E-state index is -0.0803. The summed E-state index contributed by atoms with van der Waals surface area (Å²) in [6, 6.07) is 10.4. The Bertz CT molecular complexity index is 1920. The Morgan fingerprint density at radius 2 is 1.43 bits per heavy atom. The van der Waals surface area contributed by atoms with Gasteiger partial charge < -0.3 is 9.72 Å². The molecule has 1 N–H and O–H groups in total. The van der Waals surface area contributed by atoms with Crippen LogP contribution in [0.1, 0.15) is 25.5 Å². The third-order valence-electron chi connectivity index (χ3n) is 6.49. The lowest BCUT2D eigenvalue weighted by molar-refractivity contribution is -0.0298. The molecule has 0 bridgehead atoms. The summed E-state index contributed by atoms with van der Waals surface area (Å²) < 4.78 is 7.74. The highest BCUT2D eigenvalue weighted by Gasteiger charge is 2.22. The van der Waals surface area contributed by atoms with Gasteiger partial charge in [0.05, 0.1) is 22.7 Å². The first-order chi connectivity index (χ1) is 20.3. The number of nitrogens with one attached hydrogen (secondary N) is 1. The van der Waals surface area contributed by atoms with Gasteiger partial charge in [0, 0.05) is 27.8 Å². The number of rotatable bonds is 3. The molecule has 214 valence electrons. The molecule has 0 amide bonds. The fourth-order valence-corrected chi connectivity index (χ4v) is 5.92. The van der Waals surface area contributed by atoms with E-state index >= 15 is 0 Å². The fourth-order valence-electron chi connectivity index (χ4n) is 4.60. The molecule has 0 radical (unpaired) electrons. The lowest BCUT2D eigenvalue weighted by Crippen LogP contribution is -2.17. The first-order valence-corrected chi connectivity index (χ1v) is 14.8. The van der Waals surface area contributed by atoms with E-state index in [1.807, 2.05) is 4.57 Å². The van der Waals surface area contributed by atoms with E-state index in [1.54, 1.807) is 42.7 Å². The number of H-pyrrole nitrogens is 1. The number of imidazole rings is 2. The zero-order valence-electron chi connectivity index (χ0n) is 21.3. The second-order valence-electron chi connectivity index (χ2n) is 9.18. The predicted molar refractivity (Wildman–Crippen MR) is 167 cm³/mol. The van der Waals surface area contributed by atoms with Crippen LogP contribution >= 0.6 is 69.6 Å². The summed E-state index contributed by atoms with van der Waals surface area (Å²) >= 11 is 36.4. The largest absolute Gasteiger partial charge is 0.358 e. The average Bonchev–Trinajstić information content (AvgIpc) is 3.60. The van der Waals surface area contributed by atoms with Crippen LogP contribution in [0.3, 0.4) is 0 Å². The first kappa shape index (κ1) is 29.3. The number of hydrogen-bond donors (Lipinski definition) is 1. The SMILES string of the molecule is Clc1ccc(-c2nc(Cl)nc3c2ncn3C2CCCCO2)c(Cl)c1.Clc1ccc(-c2nc(Cl)nc3nc[nH]c23)c(Cl)c1. The van der Waals surface area contributed by atoms with Gasteiger partial charge in [-0.05, 0) is 78.9 Å². The molecule has 1 atom stereocenters. The molecule has 4 aromatic heterocycles. The standard InChI is InChI=1S/C16H13Cl3N4O.C11H5Cl3N4/c17-9-4-5-10(11(18)7-9)13-14-15(22-16(19)21-13)23(8-20-14)12-3-1-2-6-24-12;12-5-1-2-6(7(13)3-5)8-9-10(16-4-15-9)18-11(14)17-8/h4-5,7-8,12H,1-3,6H2;1-4H,(H,15,16,17,18). The third-order valence-corrected chi connectivity index (χ3v) is 7.92. The van der Waals surface area contributed by atoms with Gasteiger partial charge in [-0.15, -0.1) is 0 Å². The lowest BCUT2D eigenvalue weighted by Gasteiger charge is -2.23. The van der Waals surface area contributed by atoms with Crippen molar-refractivity contribution in [2.75, 3.05) is 6.61 Å². The normalized spacial score (nSPS) is 15.1. The van der Waals surface area contributed by atoms with E-state index in [-0.39, 0.29) is 16.8 Å². The molecule has 6 aromatic rings. The Hall–Kier alpha value is -2.76. The van der Waals surface area contributed by atoms with Gasteiger partial charge >= 0.3 is 0 Å². The van der Waals surface area contributed by atoms with Crippen LogP contribution in [-0.4, -0.2) is 46.1 Å². The van der Waals surface area contributed by atoms with Gasteiger partial charge in [0.25, 0.3) is 0 Å². The predicted octanol–water partition coefficient (Wildman–Crippen LogP) is 9.13. The van der Waals surface area contributed by atoms with Crippen molar-refractivity contribution in [1.82, 2.24) is 39.5 Å². The maximum atomic E-state index is 6.33. The molecule has 15 heteroatoms. The van der Waals surface area contributed by atoms with E-state index < -0.39 is 0 Å². The maximum absolute atomic E-state index is 6.33. The number of aromatic nitrogens is 8. The second kappa shape index (κ2) is 12.5. The highest BCUT2D eigenvalue weighted by molar-refractivity contribution is 6.37. The zero-order chi connectivity index (χ0) is 29.4. The molecule has 2 aromatic carbocycles. The van der Waals surface area contributed by atoms with Crippen LogP contribution in [0, 0.1) is 0 Å². The Labute approximate surface area is 269 Å². The van der Waals surface area contributed by atoms with Crippen LogP contribution in [0.15, 0.2) is 49.1 Å². The maximum Gasteiger partial charge on any atom is 0.225 e. The zero-order valence-corrected chi connectivity index (χ0v) is 25.9. The summed E-state index contributed by atoms with van der Waals surface area (Å²) in [5, 5.41) is 2.36. The summed E-state index contributed by atoms with van der Waals surface area (Å²) in [4.78, 5) is 28.4. The van der Waals surface area contributed by atoms with Crippen molar-refractivity contribution in [3.63, 3.8) is 0 Å². The summed E-state index contributed by atoms with van der Waals surface area (Å²) in [5.74, 6) is 0. The smallest absolute Gasteiger partial charge is 0.225 e. The van der Waals surface area contributed by atoms with Crippen LogP contribution in [-0.2, 0) is 4.74 Å². The molecular formula is C27H18Cl6N8O. The Morgan fingerprint density at radius 3 is 2.10 bits per heavy atom. The molecule has 0 aliphatic carbocycles. The quantitative estimate of drug-likeness (QED) is 0.186. The molecule has 42 heavy (non-hydrogen) atoms. The number of halogens is 6. The van der Waals surface area contributed by atoms with Crippen molar-refractivity contribution >= 4 is 91.9 Å². The Morgan fingerprint density at radius 1 is 0.762 bits per heavy atom. The van der Waals surface area contributed by atoms with Gasteiger partial charge in [-0.3, -0.25) is 4.57 Å². The summed E-state index contributed by atoms with van der Waals surface area (Å²) in [7, 11) is 0. The Kier molecular flexibility index (Phi) is 8.70. The second-order valence-corrected chi connectivity index (χ2v) is 11.5. The summed E-state index contributed by atoms with van der Waals surface area (Å²) in [5.41, 5.74) is 5.08. The topological polar surface area (TPSA) is 107 Å². The highest BCUT2D eigenvalue weighted by atomic mass is 35.5. The molecule has 1 aliphatic heterocycles. The van der Waals surface area contributed by atoms with Crippen LogP contribution in [0.4, 0.5) is 0 Å². The van der Waals surface area contributed by atoms with E-state index in [4.69, 9.17) is 74.3 Å². The number of benzene rings is 2. The lowest BCUT2D eigenvalue weighted by atomic mass is 10.1. The van der Waals surface area contributed by atoms with Crippen molar-refractivity contribution in [2.45, 2.75) is 25.5 Å².